The predicted octanol–water partition coefficient (Wildman–Crippen LogP) is -0.0998. The quantitative estimate of drug-likeness (QED) is 0.674. The fourth-order valence-electron chi connectivity index (χ4n) is 1.41. The van der Waals surface area contributed by atoms with Crippen LogP contribution in [0.4, 0.5) is 0 Å². The number of nitrogens with zero attached hydrogens (tertiary/aromatic N) is 4. The molecule has 0 aliphatic rings. The second-order valence-corrected chi connectivity index (χ2v) is 3.28. The highest BCUT2D eigenvalue weighted by Crippen LogP contribution is 2.04. The van der Waals surface area contributed by atoms with Crippen LogP contribution in [-0.2, 0) is 11.8 Å². The van der Waals surface area contributed by atoms with E-state index >= 15 is 0 Å². The molecular formula is C10H10N4O3. The average Bonchev–Trinajstić information content (AvgIpc) is 2.34. The second-order valence-electron chi connectivity index (χ2n) is 3.28. The van der Waals surface area contributed by atoms with E-state index in [0.29, 0.717) is 11.2 Å². The van der Waals surface area contributed by atoms with E-state index in [2.05, 4.69) is 15.0 Å². The largest absolute Gasteiger partial charge is 0.461 e. The molecule has 0 bridgehead atoms. The summed E-state index contributed by atoms with van der Waals surface area (Å²) in [6, 6.07) is 0. The lowest BCUT2D eigenvalue weighted by Gasteiger charge is -2.05. The number of ether oxygens (including phenoxy) is 1. The lowest BCUT2D eigenvalue weighted by Crippen LogP contribution is -2.28. The summed E-state index contributed by atoms with van der Waals surface area (Å²) in [5.41, 5.74) is -0.0398. The first-order valence-electron chi connectivity index (χ1n) is 4.99. The van der Waals surface area contributed by atoms with E-state index in [9.17, 15) is 9.59 Å². The predicted molar refractivity (Wildman–Crippen MR) is 58.5 cm³/mol. The van der Waals surface area contributed by atoms with E-state index in [4.69, 9.17) is 4.74 Å². The van der Waals surface area contributed by atoms with E-state index in [1.807, 2.05) is 0 Å². The molecule has 0 N–H and O–H groups in total. The van der Waals surface area contributed by atoms with Gasteiger partial charge in [-0.1, -0.05) is 0 Å². The summed E-state index contributed by atoms with van der Waals surface area (Å²) >= 11 is 0. The van der Waals surface area contributed by atoms with Crippen LogP contribution >= 0.6 is 0 Å². The topological polar surface area (TPSA) is 87.0 Å². The SMILES string of the molecule is CCOC(=O)c1nc2cncnc2n(C)c1=O. The van der Waals surface area contributed by atoms with Gasteiger partial charge in [0.25, 0.3) is 5.56 Å². The molecule has 7 nitrogen and oxygen atoms in total. The van der Waals surface area contributed by atoms with Crippen LogP contribution in [0.3, 0.4) is 0 Å². The van der Waals surface area contributed by atoms with Gasteiger partial charge in [-0.15, -0.1) is 0 Å². The normalized spacial score (nSPS) is 10.5. The summed E-state index contributed by atoms with van der Waals surface area (Å²) < 4.78 is 6.00. The molecule has 2 aromatic heterocycles. The molecule has 2 heterocycles. The van der Waals surface area contributed by atoms with E-state index in [1.165, 1.54) is 24.1 Å². The molecule has 88 valence electrons. The third-order valence-corrected chi connectivity index (χ3v) is 2.20. The van der Waals surface area contributed by atoms with Crippen molar-refractivity contribution >= 4 is 17.1 Å². The molecule has 17 heavy (non-hydrogen) atoms. The standard InChI is InChI=1S/C10H10N4O3/c1-3-17-10(16)7-9(15)14(2)8-6(13-7)4-11-5-12-8/h4-5H,3H2,1-2H3. The molecule has 0 radical (unpaired) electrons. The highest BCUT2D eigenvalue weighted by molar-refractivity contribution is 5.88. The number of esters is 1. The van der Waals surface area contributed by atoms with Crippen molar-refractivity contribution in [3.8, 4) is 0 Å². The molecular weight excluding hydrogens is 224 g/mol. The zero-order valence-corrected chi connectivity index (χ0v) is 9.38. The first kappa shape index (κ1) is 11.2. The summed E-state index contributed by atoms with van der Waals surface area (Å²) in [6.07, 6.45) is 2.75. The second kappa shape index (κ2) is 4.28. The van der Waals surface area contributed by atoms with Gasteiger partial charge in [-0.05, 0) is 6.92 Å². The number of carbonyl (C=O) groups excluding carboxylic acids is 1. The molecule has 0 aliphatic heterocycles. The summed E-state index contributed by atoms with van der Waals surface area (Å²) in [6.45, 7) is 1.85. The minimum absolute atomic E-state index is 0.187. The highest BCUT2D eigenvalue weighted by atomic mass is 16.5. The van der Waals surface area contributed by atoms with Gasteiger partial charge < -0.3 is 4.74 Å². The smallest absolute Gasteiger partial charge is 0.362 e. The van der Waals surface area contributed by atoms with Crippen LogP contribution < -0.4 is 5.56 Å². The first-order chi connectivity index (χ1) is 8.15. The van der Waals surface area contributed by atoms with Crippen molar-refractivity contribution in [3.63, 3.8) is 0 Å². The molecule has 2 rings (SSSR count). The Morgan fingerprint density at radius 3 is 3.00 bits per heavy atom. The fourth-order valence-corrected chi connectivity index (χ4v) is 1.41. The molecule has 7 heteroatoms. The Labute approximate surface area is 96.1 Å². The molecule has 0 atom stereocenters. The van der Waals surface area contributed by atoms with Crippen molar-refractivity contribution in [2.45, 2.75) is 6.92 Å². The number of aromatic nitrogens is 4. The van der Waals surface area contributed by atoms with Crippen LogP contribution in [0.25, 0.3) is 11.2 Å². The Kier molecular flexibility index (Phi) is 2.82. The molecule has 0 saturated carbocycles. The summed E-state index contributed by atoms with van der Waals surface area (Å²) in [7, 11) is 1.52. The molecule has 0 spiro atoms. The van der Waals surface area contributed by atoms with E-state index in [1.54, 1.807) is 6.92 Å². The molecule has 0 fully saturated rings. The Morgan fingerprint density at radius 2 is 2.29 bits per heavy atom. The van der Waals surface area contributed by atoms with Gasteiger partial charge in [0.2, 0.25) is 5.69 Å². The van der Waals surface area contributed by atoms with Gasteiger partial charge in [-0.3, -0.25) is 9.36 Å². The van der Waals surface area contributed by atoms with Gasteiger partial charge >= 0.3 is 5.97 Å². The van der Waals surface area contributed by atoms with Crippen molar-refractivity contribution in [1.29, 1.82) is 0 Å². The number of hydrogen-bond acceptors (Lipinski definition) is 6. The average molecular weight is 234 g/mol. The van der Waals surface area contributed by atoms with Gasteiger partial charge in [0, 0.05) is 7.05 Å². The summed E-state index contributed by atoms with van der Waals surface area (Å²) in [5, 5.41) is 0. The zero-order chi connectivity index (χ0) is 12.4. The maximum absolute atomic E-state index is 11.8. The molecule has 0 aromatic carbocycles. The molecule has 0 aliphatic carbocycles. The summed E-state index contributed by atoms with van der Waals surface area (Å²) in [4.78, 5) is 35.0. The highest BCUT2D eigenvalue weighted by Gasteiger charge is 2.17. The van der Waals surface area contributed by atoms with Crippen molar-refractivity contribution in [2.75, 3.05) is 6.61 Å². The minimum atomic E-state index is -0.737. The van der Waals surface area contributed by atoms with E-state index in [0.717, 1.165) is 0 Å². The van der Waals surface area contributed by atoms with Gasteiger partial charge in [-0.2, -0.15) is 0 Å². The third-order valence-electron chi connectivity index (χ3n) is 2.20. The zero-order valence-electron chi connectivity index (χ0n) is 9.38. The molecule has 0 unspecified atom stereocenters. The minimum Gasteiger partial charge on any atom is -0.461 e. The fraction of sp³-hybridized carbons (Fsp3) is 0.300. The van der Waals surface area contributed by atoms with Gasteiger partial charge in [0.15, 0.2) is 5.65 Å². The molecule has 2 aromatic rings. The van der Waals surface area contributed by atoms with Gasteiger partial charge in [0.1, 0.15) is 11.8 Å². The van der Waals surface area contributed by atoms with Crippen LogP contribution in [-0.4, -0.2) is 32.1 Å². The van der Waals surface area contributed by atoms with E-state index in [-0.39, 0.29) is 12.3 Å². The summed E-state index contributed by atoms with van der Waals surface area (Å²) in [5.74, 6) is -0.737. The first-order valence-corrected chi connectivity index (χ1v) is 4.99. The van der Waals surface area contributed by atoms with Crippen molar-refractivity contribution < 1.29 is 9.53 Å². The molecule has 0 saturated heterocycles. The monoisotopic (exact) mass is 234 g/mol. The Hall–Kier alpha value is -2.31. The maximum atomic E-state index is 11.8. The van der Waals surface area contributed by atoms with Gasteiger partial charge in [-0.25, -0.2) is 19.7 Å². The number of fused-ring (bicyclic) bond motifs is 1. The third kappa shape index (κ3) is 1.86. The Balaban J connectivity index is 2.70. The van der Waals surface area contributed by atoms with Crippen LogP contribution in [0.15, 0.2) is 17.3 Å². The van der Waals surface area contributed by atoms with Crippen molar-refractivity contribution in [2.24, 2.45) is 7.05 Å². The number of rotatable bonds is 2. The molecule has 0 amide bonds. The number of carbonyl (C=O) groups is 1. The lowest BCUT2D eigenvalue weighted by atomic mass is 10.4. The maximum Gasteiger partial charge on any atom is 0.362 e. The van der Waals surface area contributed by atoms with Crippen molar-refractivity contribution in [3.05, 3.63) is 28.6 Å². The van der Waals surface area contributed by atoms with Crippen molar-refractivity contribution in [1.82, 2.24) is 19.5 Å². The number of aryl methyl sites for hydroxylation is 1. The van der Waals surface area contributed by atoms with Crippen LogP contribution in [0, 0.1) is 0 Å². The number of hydrogen-bond donors (Lipinski definition) is 0. The van der Waals surface area contributed by atoms with Crippen LogP contribution in [0.5, 0.6) is 0 Å². The Morgan fingerprint density at radius 1 is 1.53 bits per heavy atom. The lowest BCUT2D eigenvalue weighted by molar-refractivity contribution is 0.0517. The van der Waals surface area contributed by atoms with Crippen LogP contribution in [0.2, 0.25) is 0 Å². The van der Waals surface area contributed by atoms with Gasteiger partial charge in [0.05, 0.1) is 12.8 Å². The van der Waals surface area contributed by atoms with E-state index < -0.39 is 11.5 Å². The van der Waals surface area contributed by atoms with Crippen LogP contribution in [0.1, 0.15) is 17.4 Å². The Bertz CT molecular complexity index is 635.